The van der Waals surface area contributed by atoms with Crippen molar-refractivity contribution in [2.75, 3.05) is 25.6 Å². The molecule has 1 atom stereocenters. The quantitative estimate of drug-likeness (QED) is 0.165. The number of H-pyrrole nitrogens is 1. The summed E-state index contributed by atoms with van der Waals surface area (Å²) >= 11 is 0. The van der Waals surface area contributed by atoms with Gasteiger partial charge in [-0.2, -0.15) is 0 Å². The smallest absolute Gasteiger partial charge is 0.350 e. The second-order valence-corrected chi connectivity index (χ2v) is 8.20. The van der Waals surface area contributed by atoms with E-state index in [-0.39, 0.29) is 53.6 Å². The standard InChI is InChI=1S/C23H21FN8O4.C2H4O2/c1-34-15-11-14(16(24)19-18(15)35-9-10-36-19)17(29-13-5-3-12(4-6-13)20(25)26)21-30-23(33)32(31-21)22-27-7-2-8-28-22;1-2(3)4/h2-8,11,17,29H,9-10H2,1H3,(H3,25,26)(H,30,31,33);1H3,(H,3,4). The zero-order chi connectivity index (χ0) is 28.8. The first-order valence-electron chi connectivity index (χ1n) is 11.7. The van der Waals surface area contributed by atoms with E-state index in [4.69, 9.17) is 35.3 Å². The number of nitrogen functional groups attached to an aromatic ring is 1. The largest absolute Gasteiger partial charge is 0.493 e. The predicted molar refractivity (Wildman–Crippen MR) is 140 cm³/mol. The molecular weight excluding hydrogens is 527 g/mol. The summed E-state index contributed by atoms with van der Waals surface area (Å²) in [5.74, 6) is -1.17. The minimum atomic E-state index is -1.00. The number of anilines is 1. The summed E-state index contributed by atoms with van der Waals surface area (Å²) in [7, 11) is 1.43. The lowest BCUT2D eigenvalue weighted by Gasteiger charge is -2.25. The molecule has 0 spiro atoms. The molecule has 1 aliphatic heterocycles. The fraction of sp³-hybridized carbons (Fsp3) is 0.200. The third-order valence-electron chi connectivity index (χ3n) is 5.43. The van der Waals surface area contributed by atoms with Crippen LogP contribution in [0.3, 0.4) is 0 Å². The van der Waals surface area contributed by atoms with Crippen molar-refractivity contribution in [3.8, 4) is 23.2 Å². The zero-order valence-corrected chi connectivity index (χ0v) is 21.3. The summed E-state index contributed by atoms with van der Waals surface area (Å²) in [6, 6.07) is 8.69. The molecule has 5 rings (SSSR count). The van der Waals surface area contributed by atoms with Gasteiger partial charge in [0.05, 0.1) is 7.11 Å². The van der Waals surface area contributed by atoms with E-state index in [2.05, 4.69) is 25.4 Å². The number of methoxy groups -OCH3 is 1. The van der Waals surface area contributed by atoms with Gasteiger partial charge in [-0.05, 0) is 36.4 Å². The maximum atomic E-state index is 15.8. The van der Waals surface area contributed by atoms with E-state index in [1.807, 2.05) is 0 Å². The minimum absolute atomic E-state index is 0.0507. The Bertz CT molecular complexity index is 1570. The van der Waals surface area contributed by atoms with E-state index in [0.29, 0.717) is 11.3 Å². The van der Waals surface area contributed by atoms with Crippen molar-refractivity contribution in [2.24, 2.45) is 5.73 Å². The lowest BCUT2D eigenvalue weighted by molar-refractivity contribution is -0.134. The topological polar surface area (TPSA) is 203 Å². The van der Waals surface area contributed by atoms with Crippen molar-refractivity contribution in [2.45, 2.75) is 13.0 Å². The van der Waals surface area contributed by atoms with Crippen molar-refractivity contribution in [3.63, 3.8) is 0 Å². The summed E-state index contributed by atoms with van der Waals surface area (Å²) in [4.78, 5) is 32.5. The van der Waals surface area contributed by atoms with Crippen molar-refractivity contribution < 1.29 is 28.5 Å². The maximum Gasteiger partial charge on any atom is 0.350 e. The van der Waals surface area contributed by atoms with Crippen molar-refractivity contribution in [1.82, 2.24) is 24.7 Å². The zero-order valence-electron chi connectivity index (χ0n) is 21.3. The number of amidine groups is 1. The summed E-state index contributed by atoms with van der Waals surface area (Å²) in [6.45, 7) is 1.50. The van der Waals surface area contributed by atoms with Gasteiger partial charge in [0.1, 0.15) is 25.1 Å². The lowest BCUT2D eigenvalue weighted by Crippen LogP contribution is -2.21. The SMILES string of the molecule is CC(=O)O.COc1cc(C(Nc2ccc(C(=N)N)cc2)c2nn(-c3ncccn3)c(=O)[nH]2)c(F)c2c1OCCO2. The molecule has 0 saturated carbocycles. The number of carboxylic acids is 1. The van der Waals surface area contributed by atoms with Crippen molar-refractivity contribution in [1.29, 1.82) is 5.41 Å². The second kappa shape index (κ2) is 11.9. The number of halogens is 1. The van der Waals surface area contributed by atoms with Gasteiger partial charge in [0.2, 0.25) is 11.5 Å². The van der Waals surface area contributed by atoms with Gasteiger partial charge in [0.15, 0.2) is 17.4 Å². The highest BCUT2D eigenvalue weighted by molar-refractivity contribution is 5.95. The van der Waals surface area contributed by atoms with Crippen LogP contribution in [0.25, 0.3) is 5.95 Å². The van der Waals surface area contributed by atoms with E-state index in [1.54, 1.807) is 30.3 Å². The Labute approximate surface area is 226 Å². The Kier molecular flexibility index (Phi) is 8.22. The van der Waals surface area contributed by atoms with Crippen molar-refractivity contribution >= 4 is 17.5 Å². The number of ether oxygens (including phenoxy) is 3. The molecule has 40 heavy (non-hydrogen) atoms. The molecule has 4 aromatic rings. The number of aromatic amines is 1. The first-order chi connectivity index (χ1) is 19.2. The van der Waals surface area contributed by atoms with Crippen LogP contribution in [-0.2, 0) is 4.79 Å². The molecule has 15 heteroatoms. The molecule has 3 heterocycles. The Morgan fingerprint density at radius 2 is 1.85 bits per heavy atom. The molecule has 0 fully saturated rings. The molecule has 0 radical (unpaired) electrons. The van der Waals surface area contributed by atoms with Crippen LogP contribution < -0.4 is 31.0 Å². The monoisotopic (exact) mass is 552 g/mol. The molecule has 1 aliphatic rings. The van der Waals surface area contributed by atoms with Gasteiger partial charge >= 0.3 is 5.69 Å². The normalized spacial score (nSPS) is 12.5. The van der Waals surface area contributed by atoms with Gasteiger partial charge < -0.3 is 30.4 Å². The van der Waals surface area contributed by atoms with Crippen molar-refractivity contribution in [3.05, 3.63) is 82.0 Å². The number of nitrogens with two attached hydrogens (primary N) is 1. The molecule has 0 bridgehead atoms. The molecule has 208 valence electrons. The number of aliphatic carboxylic acids is 1. The molecule has 6 N–H and O–H groups in total. The highest BCUT2D eigenvalue weighted by Crippen LogP contribution is 2.45. The Morgan fingerprint density at radius 1 is 1.23 bits per heavy atom. The third-order valence-corrected chi connectivity index (χ3v) is 5.43. The molecule has 2 aromatic heterocycles. The number of rotatable bonds is 7. The molecule has 0 amide bonds. The number of hydrogen-bond donors (Lipinski definition) is 5. The Hall–Kier alpha value is -5.47. The number of aromatic nitrogens is 5. The number of carboxylic acid groups (broad SMARTS) is 1. The van der Waals surface area contributed by atoms with Gasteiger partial charge in [-0.3, -0.25) is 15.2 Å². The van der Waals surface area contributed by atoms with Crippen LogP contribution in [0.1, 0.15) is 29.9 Å². The maximum absolute atomic E-state index is 15.8. The van der Waals surface area contributed by atoms with Gasteiger partial charge in [0, 0.05) is 36.1 Å². The number of benzene rings is 2. The average molecular weight is 553 g/mol. The van der Waals surface area contributed by atoms with Crippen LogP contribution in [0.2, 0.25) is 0 Å². The number of nitrogens with zero attached hydrogens (tertiary/aromatic N) is 4. The number of nitrogens with one attached hydrogen (secondary N) is 3. The van der Waals surface area contributed by atoms with Crippen LogP contribution >= 0.6 is 0 Å². The molecular formula is C25H25FN8O6. The predicted octanol–water partition coefficient (Wildman–Crippen LogP) is 1.85. The minimum Gasteiger partial charge on any atom is -0.493 e. The number of hydrogen-bond acceptors (Lipinski definition) is 10. The average Bonchev–Trinajstić information content (AvgIpc) is 3.34. The first kappa shape index (κ1) is 27.6. The van der Waals surface area contributed by atoms with Gasteiger partial charge in [-0.15, -0.1) is 9.78 Å². The number of carbonyl (C=O) groups is 1. The first-order valence-corrected chi connectivity index (χ1v) is 11.7. The third kappa shape index (κ3) is 5.98. The molecule has 1 unspecified atom stereocenters. The van der Waals surface area contributed by atoms with Gasteiger partial charge in [0.25, 0.3) is 11.9 Å². The van der Waals surface area contributed by atoms with E-state index in [1.165, 1.54) is 25.6 Å². The summed E-state index contributed by atoms with van der Waals surface area (Å²) in [6.07, 6.45) is 2.95. The highest BCUT2D eigenvalue weighted by Gasteiger charge is 2.31. The molecule has 0 saturated heterocycles. The van der Waals surface area contributed by atoms with Crippen LogP contribution in [0.5, 0.6) is 17.2 Å². The van der Waals surface area contributed by atoms with Crippen LogP contribution in [0, 0.1) is 11.2 Å². The summed E-state index contributed by atoms with van der Waals surface area (Å²) < 4.78 is 33.3. The number of fused-ring (bicyclic) bond motifs is 1. The van der Waals surface area contributed by atoms with E-state index >= 15 is 4.39 Å². The lowest BCUT2D eigenvalue weighted by atomic mass is 10.0. The van der Waals surface area contributed by atoms with Crippen LogP contribution in [0.15, 0.2) is 53.6 Å². The fourth-order valence-corrected chi connectivity index (χ4v) is 3.74. The van der Waals surface area contributed by atoms with Crippen LogP contribution in [-0.4, -0.2) is 62.0 Å². The Morgan fingerprint density at radius 3 is 2.45 bits per heavy atom. The summed E-state index contributed by atoms with van der Waals surface area (Å²) in [5.41, 5.74) is 6.08. The fourth-order valence-electron chi connectivity index (χ4n) is 3.74. The highest BCUT2D eigenvalue weighted by atomic mass is 19.1. The Balaban J connectivity index is 0.000000867. The van der Waals surface area contributed by atoms with E-state index in [9.17, 15) is 4.79 Å². The molecule has 2 aromatic carbocycles. The van der Waals surface area contributed by atoms with Gasteiger partial charge in [-0.25, -0.2) is 19.2 Å². The second-order valence-electron chi connectivity index (χ2n) is 8.20. The molecule has 0 aliphatic carbocycles. The van der Waals surface area contributed by atoms with Crippen LogP contribution in [0.4, 0.5) is 10.1 Å². The molecule has 14 nitrogen and oxygen atoms in total. The summed E-state index contributed by atoms with van der Waals surface area (Å²) in [5, 5.41) is 22.5. The van der Waals surface area contributed by atoms with E-state index < -0.39 is 23.5 Å². The van der Waals surface area contributed by atoms with E-state index in [0.717, 1.165) is 11.6 Å². The van der Waals surface area contributed by atoms with Gasteiger partial charge in [-0.1, -0.05) is 0 Å².